The third-order valence-electron chi connectivity index (χ3n) is 5.35. The quantitative estimate of drug-likeness (QED) is 0.224. The van der Waals surface area contributed by atoms with Crippen LogP contribution >= 0.6 is 24.0 Å². The summed E-state index contributed by atoms with van der Waals surface area (Å²) in [6, 6.07) is 0.245. The first-order chi connectivity index (χ1) is 13.4. The first-order valence-corrected chi connectivity index (χ1v) is 10.4. The number of carbonyl (C=O) groups excluding carboxylic acids is 2. The van der Waals surface area contributed by atoms with Crippen LogP contribution in [-0.4, -0.2) is 98.2 Å². The Hall–Kier alpha value is -1.30. The van der Waals surface area contributed by atoms with Crippen LogP contribution in [0.4, 0.5) is 4.79 Å². The van der Waals surface area contributed by atoms with Crippen LogP contribution < -0.4 is 11.1 Å². The van der Waals surface area contributed by atoms with Gasteiger partial charge < -0.3 is 25.6 Å². The summed E-state index contributed by atoms with van der Waals surface area (Å²) >= 11 is 0. The molecule has 3 N–H and O–H groups in total. The van der Waals surface area contributed by atoms with Gasteiger partial charge in [0.15, 0.2) is 5.96 Å². The predicted octanol–water partition coefficient (Wildman–Crippen LogP) is 1.07. The summed E-state index contributed by atoms with van der Waals surface area (Å²) in [5, 5.41) is 3.26. The molecule has 1 unspecified atom stereocenters. The van der Waals surface area contributed by atoms with Crippen molar-refractivity contribution in [3.05, 3.63) is 0 Å². The average molecular weight is 524 g/mol. The van der Waals surface area contributed by atoms with Gasteiger partial charge >= 0.3 is 6.09 Å². The van der Waals surface area contributed by atoms with Crippen LogP contribution in [0, 0.1) is 0 Å². The summed E-state index contributed by atoms with van der Waals surface area (Å²) in [5.41, 5.74) is 6.02. The van der Waals surface area contributed by atoms with Crippen LogP contribution in [0.2, 0.25) is 0 Å². The average Bonchev–Trinajstić information content (AvgIpc) is 3.13. The van der Waals surface area contributed by atoms with Gasteiger partial charge in [0, 0.05) is 46.3 Å². The molecule has 10 heteroatoms. The molecule has 2 fully saturated rings. The molecule has 0 radical (unpaired) electrons. The van der Waals surface area contributed by atoms with E-state index in [-0.39, 0.29) is 48.1 Å². The van der Waals surface area contributed by atoms with E-state index in [1.807, 2.05) is 21.0 Å². The van der Waals surface area contributed by atoms with E-state index in [1.165, 1.54) is 0 Å². The van der Waals surface area contributed by atoms with Crippen LogP contribution in [0.1, 0.15) is 39.0 Å². The van der Waals surface area contributed by atoms with Gasteiger partial charge in [-0.2, -0.15) is 0 Å². The highest BCUT2D eigenvalue weighted by atomic mass is 127. The van der Waals surface area contributed by atoms with Crippen molar-refractivity contribution < 1.29 is 14.3 Å². The molecule has 2 rings (SSSR count). The summed E-state index contributed by atoms with van der Waals surface area (Å²) in [5.74, 6) is 0.647. The van der Waals surface area contributed by atoms with Crippen molar-refractivity contribution in [1.29, 1.82) is 0 Å². The van der Waals surface area contributed by atoms with Crippen molar-refractivity contribution >= 4 is 41.9 Å². The molecule has 0 aromatic heterocycles. The zero-order valence-electron chi connectivity index (χ0n) is 17.9. The molecule has 0 aliphatic carbocycles. The van der Waals surface area contributed by atoms with E-state index >= 15 is 0 Å². The lowest BCUT2D eigenvalue weighted by Gasteiger charge is -2.31. The van der Waals surface area contributed by atoms with Crippen molar-refractivity contribution in [2.75, 3.05) is 53.4 Å². The summed E-state index contributed by atoms with van der Waals surface area (Å²) in [6.45, 7) is 6.02. The van der Waals surface area contributed by atoms with Gasteiger partial charge in [0.2, 0.25) is 5.91 Å². The minimum atomic E-state index is -0.240. The number of guanidine groups is 1. The highest BCUT2D eigenvalue weighted by molar-refractivity contribution is 14.0. The van der Waals surface area contributed by atoms with Crippen LogP contribution in [0.5, 0.6) is 0 Å². The number of carbonyl (C=O) groups is 2. The Morgan fingerprint density at radius 2 is 1.90 bits per heavy atom. The molecule has 2 aliphatic rings. The van der Waals surface area contributed by atoms with Gasteiger partial charge in [-0.3, -0.25) is 14.7 Å². The number of aliphatic imine (C=N–C) groups is 1. The van der Waals surface area contributed by atoms with E-state index in [0.29, 0.717) is 32.2 Å². The van der Waals surface area contributed by atoms with Crippen molar-refractivity contribution in [3.63, 3.8) is 0 Å². The summed E-state index contributed by atoms with van der Waals surface area (Å²) in [4.78, 5) is 34.0. The lowest BCUT2D eigenvalue weighted by Crippen LogP contribution is -2.48. The molecule has 1 atom stereocenters. The van der Waals surface area contributed by atoms with E-state index in [9.17, 15) is 9.59 Å². The molecular weight excluding hydrogens is 487 g/mol. The number of piperidine rings is 1. The first-order valence-electron chi connectivity index (χ1n) is 10.4. The van der Waals surface area contributed by atoms with Crippen molar-refractivity contribution in [1.82, 2.24) is 20.0 Å². The van der Waals surface area contributed by atoms with E-state index in [1.54, 1.807) is 9.80 Å². The molecule has 0 spiro atoms. The highest BCUT2D eigenvalue weighted by Crippen LogP contribution is 2.18. The molecule has 9 nitrogen and oxygen atoms in total. The van der Waals surface area contributed by atoms with Crippen LogP contribution in [0.15, 0.2) is 4.99 Å². The summed E-state index contributed by atoms with van der Waals surface area (Å²) in [7, 11) is 3.62. The van der Waals surface area contributed by atoms with Gasteiger partial charge in [-0.15, -0.1) is 24.0 Å². The lowest BCUT2D eigenvalue weighted by molar-refractivity contribution is -0.133. The maximum Gasteiger partial charge on any atom is 0.409 e. The molecule has 0 aromatic carbocycles. The largest absolute Gasteiger partial charge is 0.450 e. The van der Waals surface area contributed by atoms with Crippen LogP contribution in [0.25, 0.3) is 0 Å². The fraction of sp³-hybridized carbons (Fsp3) is 0.842. The standard InChI is InChI=1S/C19H36N6O3.HI/c1-4-28-19(27)25-13-8-15(9-14-25)22-18(20)21-10-6-12-24-11-5-7-16(24)17(26)23(2)3;/h15-16H,4-14H2,1-3H3,(H3,20,21,22);1H. The van der Waals surface area contributed by atoms with E-state index in [4.69, 9.17) is 10.5 Å². The van der Waals surface area contributed by atoms with E-state index < -0.39 is 0 Å². The molecule has 2 aliphatic heterocycles. The lowest BCUT2D eigenvalue weighted by atomic mass is 10.1. The number of likely N-dealkylation sites (N-methyl/N-ethyl adjacent to an activating group) is 1. The number of amides is 2. The topological polar surface area (TPSA) is 103 Å². The number of halogens is 1. The maximum absolute atomic E-state index is 12.2. The molecule has 0 aromatic rings. The van der Waals surface area contributed by atoms with Crippen molar-refractivity contribution in [2.45, 2.75) is 51.1 Å². The number of hydrogen-bond donors (Lipinski definition) is 2. The third kappa shape index (κ3) is 8.15. The number of hydrogen-bond acceptors (Lipinski definition) is 5. The van der Waals surface area contributed by atoms with Gasteiger partial charge in [-0.25, -0.2) is 4.79 Å². The predicted molar refractivity (Wildman–Crippen MR) is 125 cm³/mol. The van der Waals surface area contributed by atoms with Gasteiger partial charge in [0.05, 0.1) is 12.6 Å². The Bertz CT molecular complexity index is 552. The number of ether oxygens (including phenoxy) is 1. The van der Waals surface area contributed by atoms with Gasteiger partial charge in [-0.05, 0) is 45.6 Å². The molecular formula is C19H37IN6O3. The number of likely N-dealkylation sites (tertiary alicyclic amines) is 2. The zero-order valence-corrected chi connectivity index (χ0v) is 20.3. The molecule has 2 amide bonds. The van der Waals surface area contributed by atoms with Crippen molar-refractivity contribution in [3.8, 4) is 0 Å². The zero-order chi connectivity index (χ0) is 20.5. The maximum atomic E-state index is 12.2. The Morgan fingerprint density at radius 1 is 1.21 bits per heavy atom. The van der Waals surface area contributed by atoms with Gasteiger partial charge in [-0.1, -0.05) is 0 Å². The fourth-order valence-electron chi connectivity index (χ4n) is 3.82. The van der Waals surface area contributed by atoms with Gasteiger partial charge in [0.25, 0.3) is 0 Å². The van der Waals surface area contributed by atoms with Crippen LogP contribution in [-0.2, 0) is 9.53 Å². The molecule has 0 saturated carbocycles. The van der Waals surface area contributed by atoms with E-state index in [2.05, 4.69) is 15.2 Å². The fourth-order valence-corrected chi connectivity index (χ4v) is 3.82. The number of nitrogens with zero attached hydrogens (tertiary/aromatic N) is 4. The molecule has 2 saturated heterocycles. The molecule has 29 heavy (non-hydrogen) atoms. The summed E-state index contributed by atoms with van der Waals surface area (Å²) < 4.78 is 5.03. The summed E-state index contributed by atoms with van der Waals surface area (Å²) in [6.07, 6.45) is 4.31. The SMILES string of the molecule is CCOC(=O)N1CCC(NC(N)=NCCCN2CCCC2C(=O)N(C)C)CC1.I. The van der Waals surface area contributed by atoms with Crippen LogP contribution in [0.3, 0.4) is 0 Å². The van der Waals surface area contributed by atoms with Gasteiger partial charge in [0.1, 0.15) is 0 Å². The Labute approximate surface area is 191 Å². The second kappa shape index (κ2) is 13.1. The first kappa shape index (κ1) is 25.7. The molecule has 2 heterocycles. The molecule has 0 bridgehead atoms. The van der Waals surface area contributed by atoms with Crippen molar-refractivity contribution in [2.24, 2.45) is 10.7 Å². The monoisotopic (exact) mass is 524 g/mol. The minimum Gasteiger partial charge on any atom is -0.450 e. The highest BCUT2D eigenvalue weighted by Gasteiger charge is 2.31. The second-order valence-corrected chi connectivity index (χ2v) is 7.65. The molecule has 168 valence electrons. The Balaban J connectivity index is 0.00000420. The minimum absolute atomic E-state index is 0. The smallest absolute Gasteiger partial charge is 0.409 e. The Kier molecular flexibility index (Phi) is 11.6. The number of nitrogens with one attached hydrogen (secondary N) is 1. The normalized spacial score (nSPS) is 20.9. The third-order valence-corrected chi connectivity index (χ3v) is 5.35. The number of rotatable bonds is 7. The number of nitrogens with two attached hydrogens (primary N) is 1. The second-order valence-electron chi connectivity index (χ2n) is 7.65. The van der Waals surface area contributed by atoms with E-state index in [0.717, 1.165) is 45.2 Å². The Morgan fingerprint density at radius 3 is 2.52 bits per heavy atom.